The summed E-state index contributed by atoms with van der Waals surface area (Å²) in [4.78, 5) is 25.9. The standard InChI is InChI=1S/C33H35N7O4/c1-2-31(42)36-25-5-3-4-23(20-25)32-28(35-24-6-9-27(10-7-24)39-12-16-43-17-13-39)22-34-33(38-32)37-26-8-11-30(41)29(21-26)40-14-18-44-19-15-40/h2-11,20-22,35,41H,1,12-19H2,(H,36,42)(H,34,37,38). The molecule has 0 aliphatic carbocycles. The summed E-state index contributed by atoms with van der Waals surface area (Å²) in [5.41, 5.74) is 6.23. The molecule has 4 aromatic rings. The second-order valence-corrected chi connectivity index (χ2v) is 10.4. The molecule has 4 N–H and O–H groups in total. The topological polar surface area (TPSA) is 124 Å². The van der Waals surface area contributed by atoms with Gasteiger partial charge in [0, 0.05) is 54.5 Å². The first-order valence-corrected chi connectivity index (χ1v) is 14.6. The van der Waals surface area contributed by atoms with Crippen LogP contribution in [0.5, 0.6) is 5.75 Å². The third-order valence-electron chi connectivity index (χ3n) is 7.48. The lowest BCUT2D eigenvalue weighted by atomic mass is 10.1. The minimum Gasteiger partial charge on any atom is -0.506 e. The van der Waals surface area contributed by atoms with Crippen molar-refractivity contribution >= 4 is 46.0 Å². The number of phenols is 1. The van der Waals surface area contributed by atoms with Crippen molar-refractivity contribution in [1.82, 2.24) is 9.97 Å². The second-order valence-electron chi connectivity index (χ2n) is 10.4. The van der Waals surface area contributed by atoms with E-state index in [0.717, 1.165) is 54.6 Å². The Bertz CT molecular complexity index is 1620. The van der Waals surface area contributed by atoms with Crippen molar-refractivity contribution in [2.45, 2.75) is 0 Å². The van der Waals surface area contributed by atoms with Crippen LogP contribution in [0.4, 0.5) is 40.1 Å². The molecule has 1 aromatic heterocycles. The van der Waals surface area contributed by atoms with Gasteiger partial charge in [0.2, 0.25) is 11.9 Å². The molecule has 2 aliphatic heterocycles. The lowest BCUT2D eigenvalue weighted by molar-refractivity contribution is -0.111. The summed E-state index contributed by atoms with van der Waals surface area (Å²) in [5.74, 6) is 0.290. The Morgan fingerprint density at radius 3 is 2.27 bits per heavy atom. The Hall–Kier alpha value is -5.13. The van der Waals surface area contributed by atoms with Crippen molar-refractivity contribution in [3.8, 4) is 17.0 Å². The molecule has 3 heterocycles. The molecule has 0 spiro atoms. The van der Waals surface area contributed by atoms with Crippen molar-refractivity contribution in [1.29, 1.82) is 0 Å². The van der Waals surface area contributed by atoms with Crippen LogP contribution in [0.3, 0.4) is 0 Å². The number of hydrogen-bond acceptors (Lipinski definition) is 10. The van der Waals surface area contributed by atoms with Crippen LogP contribution in [0.1, 0.15) is 0 Å². The summed E-state index contributed by atoms with van der Waals surface area (Å²) in [7, 11) is 0. The lowest BCUT2D eigenvalue weighted by Gasteiger charge is -2.29. The van der Waals surface area contributed by atoms with Crippen LogP contribution in [-0.4, -0.2) is 73.6 Å². The van der Waals surface area contributed by atoms with Crippen LogP contribution in [0.15, 0.2) is 85.6 Å². The SMILES string of the molecule is C=CC(=O)Nc1cccc(-c2nc(Nc3ccc(O)c(N4CCOCC4)c3)ncc2Nc2ccc(N3CCOCC3)cc2)c1. The number of carbonyl (C=O) groups is 1. The van der Waals surface area contributed by atoms with E-state index in [2.05, 4.69) is 49.4 Å². The highest BCUT2D eigenvalue weighted by Crippen LogP contribution is 2.34. The molecule has 11 nitrogen and oxygen atoms in total. The maximum Gasteiger partial charge on any atom is 0.247 e. The molecule has 0 atom stereocenters. The number of amides is 1. The van der Waals surface area contributed by atoms with E-state index in [-0.39, 0.29) is 11.7 Å². The molecule has 0 unspecified atom stereocenters. The number of phenolic OH excluding ortho intramolecular Hbond substituents is 1. The zero-order chi connectivity index (χ0) is 30.3. The minimum atomic E-state index is -0.297. The van der Waals surface area contributed by atoms with E-state index in [0.29, 0.717) is 49.3 Å². The molecule has 2 saturated heterocycles. The van der Waals surface area contributed by atoms with Crippen LogP contribution in [-0.2, 0) is 14.3 Å². The molecule has 0 radical (unpaired) electrons. The molecule has 2 fully saturated rings. The first-order valence-electron chi connectivity index (χ1n) is 14.6. The van der Waals surface area contributed by atoms with Crippen molar-refractivity contribution < 1.29 is 19.4 Å². The highest BCUT2D eigenvalue weighted by atomic mass is 16.5. The van der Waals surface area contributed by atoms with Gasteiger partial charge in [-0.3, -0.25) is 4.79 Å². The number of aromatic nitrogens is 2. The van der Waals surface area contributed by atoms with Crippen molar-refractivity contribution in [3.63, 3.8) is 0 Å². The zero-order valence-electron chi connectivity index (χ0n) is 24.3. The predicted molar refractivity (Wildman–Crippen MR) is 173 cm³/mol. The van der Waals surface area contributed by atoms with Gasteiger partial charge < -0.3 is 40.3 Å². The average Bonchev–Trinajstić information content (AvgIpc) is 3.07. The van der Waals surface area contributed by atoms with Crippen molar-refractivity contribution in [3.05, 3.63) is 85.6 Å². The molecule has 6 rings (SSSR count). The summed E-state index contributed by atoms with van der Waals surface area (Å²) in [6.45, 7) is 9.35. The Balaban J connectivity index is 1.30. The Morgan fingerprint density at radius 2 is 1.55 bits per heavy atom. The Morgan fingerprint density at radius 1 is 0.841 bits per heavy atom. The number of carbonyl (C=O) groups excluding carboxylic acids is 1. The van der Waals surface area contributed by atoms with Crippen molar-refractivity contribution in [2.24, 2.45) is 0 Å². The predicted octanol–water partition coefficient (Wildman–Crippen LogP) is 5.13. The summed E-state index contributed by atoms with van der Waals surface area (Å²) in [6, 6.07) is 21.0. The van der Waals surface area contributed by atoms with E-state index in [1.54, 1.807) is 18.3 Å². The van der Waals surface area contributed by atoms with E-state index in [4.69, 9.17) is 14.5 Å². The van der Waals surface area contributed by atoms with E-state index in [1.165, 1.54) is 6.08 Å². The van der Waals surface area contributed by atoms with Gasteiger partial charge in [0.05, 0.1) is 49.7 Å². The minimum absolute atomic E-state index is 0.205. The highest BCUT2D eigenvalue weighted by Gasteiger charge is 2.17. The number of benzene rings is 3. The monoisotopic (exact) mass is 593 g/mol. The molecule has 226 valence electrons. The molecular weight excluding hydrogens is 558 g/mol. The van der Waals surface area contributed by atoms with Gasteiger partial charge in [0.15, 0.2) is 0 Å². The Kier molecular flexibility index (Phi) is 8.85. The van der Waals surface area contributed by atoms with Crippen LogP contribution >= 0.6 is 0 Å². The van der Waals surface area contributed by atoms with Gasteiger partial charge in [-0.25, -0.2) is 9.97 Å². The zero-order valence-corrected chi connectivity index (χ0v) is 24.3. The van der Waals surface area contributed by atoms with Crippen LogP contribution in [0, 0.1) is 0 Å². The summed E-state index contributed by atoms with van der Waals surface area (Å²) >= 11 is 0. The molecule has 11 heteroatoms. The first kappa shape index (κ1) is 29.0. The third kappa shape index (κ3) is 6.91. The highest BCUT2D eigenvalue weighted by molar-refractivity contribution is 5.99. The molecule has 1 amide bonds. The fraction of sp³-hybridized carbons (Fsp3) is 0.242. The summed E-state index contributed by atoms with van der Waals surface area (Å²) in [5, 5.41) is 20.1. The number of anilines is 7. The van der Waals surface area contributed by atoms with Gasteiger partial charge in [0.25, 0.3) is 0 Å². The first-order chi connectivity index (χ1) is 21.6. The van der Waals surface area contributed by atoms with Gasteiger partial charge in [-0.1, -0.05) is 18.7 Å². The molecule has 0 saturated carbocycles. The van der Waals surface area contributed by atoms with E-state index in [1.807, 2.05) is 42.5 Å². The maximum absolute atomic E-state index is 12.0. The summed E-state index contributed by atoms with van der Waals surface area (Å²) in [6.07, 6.45) is 2.97. The second kappa shape index (κ2) is 13.4. The fourth-order valence-electron chi connectivity index (χ4n) is 5.21. The van der Waals surface area contributed by atoms with E-state index >= 15 is 0 Å². The third-order valence-corrected chi connectivity index (χ3v) is 7.48. The molecule has 0 bridgehead atoms. The van der Waals surface area contributed by atoms with Crippen LogP contribution < -0.4 is 25.8 Å². The molecule has 2 aliphatic rings. The summed E-state index contributed by atoms with van der Waals surface area (Å²) < 4.78 is 10.9. The number of nitrogens with zero attached hydrogens (tertiary/aromatic N) is 4. The molecule has 44 heavy (non-hydrogen) atoms. The number of morpholine rings is 2. The van der Waals surface area contributed by atoms with Gasteiger partial charge >= 0.3 is 0 Å². The molecule has 3 aromatic carbocycles. The van der Waals surface area contributed by atoms with Crippen LogP contribution in [0.25, 0.3) is 11.3 Å². The van der Waals surface area contributed by atoms with Gasteiger partial charge in [0.1, 0.15) is 5.75 Å². The van der Waals surface area contributed by atoms with Crippen molar-refractivity contribution in [2.75, 3.05) is 78.4 Å². The number of hydrogen-bond donors (Lipinski definition) is 4. The van der Waals surface area contributed by atoms with Gasteiger partial charge in [-0.2, -0.15) is 0 Å². The number of ether oxygens (including phenoxy) is 2. The van der Waals surface area contributed by atoms with Gasteiger partial charge in [-0.15, -0.1) is 0 Å². The van der Waals surface area contributed by atoms with E-state index in [9.17, 15) is 9.90 Å². The van der Waals surface area contributed by atoms with Crippen LogP contribution in [0.2, 0.25) is 0 Å². The number of rotatable bonds is 9. The van der Waals surface area contributed by atoms with Gasteiger partial charge in [-0.05, 0) is 60.7 Å². The smallest absolute Gasteiger partial charge is 0.247 e. The normalized spacial score (nSPS) is 15.0. The largest absolute Gasteiger partial charge is 0.506 e. The molecular formula is C33H35N7O4. The number of nitrogens with one attached hydrogen (secondary N) is 3. The lowest BCUT2D eigenvalue weighted by Crippen LogP contribution is -2.36. The fourth-order valence-corrected chi connectivity index (χ4v) is 5.21. The quantitative estimate of drug-likeness (QED) is 0.153. The maximum atomic E-state index is 12.0. The average molecular weight is 594 g/mol. The van der Waals surface area contributed by atoms with E-state index < -0.39 is 0 Å². The Labute approximate surface area is 256 Å². The number of aromatic hydroxyl groups is 1.